The van der Waals surface area contributed by atoms with Crippen LogP contribution in [0.1, 0.15) is 38.2 Å². The molecule has 0 aliphatic rings. The number of hydrogen-bond acceptors (Lipinski definition) is 6. The molecular formula is C33H38N4O5. The van der Waals surface area contributed by atoms with Crippen molar-refractivity contribution >= 4 is 17.8 Å². The molecule has 0 saturated carbocycles. The van der Waals surface area contributed by atoms with Crippen molar-refractivity contribution in [3.8, 4) is 28.4 Å². The largest absolute Gasteiger partial charge is 0.493 e. The minimum Gasteiger partial charge on any atom is -0.493 e. The Morgan fingerprint density at radius 2 is 1.62 bits per heavy atom. The molecular weight excluding hydrogens is 532 g/mol. The summed E-state index contributed by atoms with van der Waals surface area (Å²) < 4.78 is 12.6. The lowest BCUT2D eigenvalue weighted by molar-refractivity contribution is -0.138. The Balaban J connectivity index is 1.60. The molecule has 0 fully saturated rings. The van der Waals surface area contributed by atoms with Crippen LogP contribution in [-0.2, 0) is 9.59 Å². The van der Waals surface area contributed by atoms with E-state index in [4.69, 9.17) is 14.5 Å². The molecule has 1 heterocycles. The van der Waals surface area contributed by atoms with E-state index in [-0.39, 0.29) is 31.0 Å². The fourth-order valence-electron chi connectivity index (χ4n) is 4.83. The molecule has 0 aliphatic carbocycles. The van der Waals surface area contributed by atoms with Gasteiger partial charge in [-0.2, -0.15) is 0 Å². The number of imidazole rings is 1. The number of ether oxygens (including phenoxy) is 2. The highest BCUT2D eigenvalue weighted by Crippen LogP contribution is 2.33. The molecule has 2 amide bonds. The summed E-state index contributed by atoms with van der Waals surface area (Å²) >= 11 is 0. The summed E-state index contributed by atoms with van der Waals surface area (Å²) in [5, 5.41) is 12.5. The predicted molar refractivity (Wildman–Crippen MR) is 163 cm³/mol. The van der Waals surface area contributed by atoms with Gasteiger partial charge in [0.15, 0.2) is 11.5 Å². The van der Waals surface area contributed by atoms with E-state index in [9.17, 15) is 14.7 Å². The molecule has 1 unspecified atom stereocenters. The summed E-state index contributed by atoms with van der Waals surface area (Å²) in [7, 11) is 3.09. The van der Waals surface area contributed by atoms with Crippen LogP contribution in [0.25, 0.3) is 16.9 Å². The quantitative estimate of drug-likeness (QED) is 0.226. The number of hydrogen-bond donors (Lipinski definition) is 2. The van der Waals surface area contributed by atoms with Crippen molar-refractivity contribution in [2.45, 2.75) is 38.6 Å². The third-order valence-corrected chi connectivity index (χ3v) is 7.04. The van der Waals surface area contributed by atoms with Crippen LogP contribution >= 0.6 is 0 Å². The highest BCUT2D eigenvalue weighted by atomic mass is 16.5. The monoisotopic (exact) mass is 570 g/mol. The van der Waals surface area contributed by atoms with E-state index < -0.39 is 5.92 Å². The van der Waals surface area contributed by atoms with Crippen molar-refractivity contribution in [3.05, 3.63) is 90.6 Å². The van der Waals surface area contributed by atoms with Gasteiger partial charge in [-0.15, -0.1) is 0 Å². The summed E-state index contributed by atoms with van der Waals surface area (Å²) in [6.07, 6.45) is 2.72. The first-order chi connectivity index (χ1) is 20.4. The maximum Gasteiger partial charge on any atom is 0.246 e. The molecule has 2 N–H and O–H groups in total. The molecule has 42 heavy (non-hydrogen) atoms. The average Bonchev–Trinajstić information content (AvgIpc) is 3.44. The summed E-state index contributed by atoms with van der Waals surface area (Å²) in [6.45, 7) is 3.54. The van der Waals surface area contributed by atoms with Gasteiger partial charge in [-0.05, 0) is 56.5 Å². The van der Waals surface area contributed by atoms with E-state index in [2.05, 4.69) is 5.32 Å². The molecule has 0 radical (unpaired) electrons. The maximum atomic E-state index is 14.0. The van der Waals surface area contributed by atoms with Crippen molar-refractivity contribution in [1.82, 2.24) is 14.5 Å². The lowest BCUT2D eigenvalue weighted by atomic mass is 9.92. The molecule has 0 spiro atoms. The number of anilines is 1. The van der Waals surface area contributed by atoms with Crippen molar-refractivity contribution in [2.24, 2.45) is 0 Å². The van der Waals surface area contributed by atoms with Crippen LogP contribution in [0, 0.1) is 0 Å². The van der Waals surface area contributed by atoms with Crippen LogP contribution in [0.2, 0.25) is 0 Å². The number of para-hydroxylation sites is 1. The van der Waals surface area contributed by atoms with Gasteiger partial charge in [0.05, 0.1) is 25.8 Å². The topological polar surface area (TPSA) is 106 Å². The number of carbonyl (C=O) groups excluding carboxylic acids is 2. The molecule has 0 aliphatic heterocycles. The summed E-state index contributed by atoms with van der Waals surface area (Å²) in [5.41, 5.74) is 3.20. The van der Waals surface area contributed by atoms with Gasteiger partial charge >= 0.3 is 0 Å². The first-order valence-electron chi connectivity index (χ1n) is 14.0. The van der Waals surface area contributed by atoms with Gasteiger partial charge in [0, 0.05) is 30.1 Å². The third kappa shape index (κ3) is 7.16. The lowest BCUT2D eigenvalue weighted by Crippen LogP contribution is -2.45. The third-order valence-electron chi connectivity index (χ3n) is 7.04. The van der Waals surface area contributed by atoms with Gasteiger partial charge in [-0.1, -0.05) is 54.6 Å². The highest BCUT2D eigenvalue weighted by Gasteiger charge is 2.30. The Hall–Kier alpha value is -4.63. The number of aliphatic hydroxyl groups is 1. The Kier molecular flexibility index (Phi) is 10.3. The minimum absolute atomic E-state index is 0.0505. The number of nitrogens with one attached hydrogen (secondary N) is 1. The number of carbonyl (C=O) groups is 2. The van der Waals surface area contributed by atoms with E-state index in [1.807, 2.05) is 91.3 Å². The van der Waals surface area contributed by atoms with Crippen molar-refractivity contribution < 1.29 is 24.2 Å². The minimum atomic E-state index is -0.580. The number of rotatable bonds is 13. The summed E-state index contributed by atoms with van der Waals surface area (Å²) in [4.78, 5) is 33.7. The summed E-state index contributed by atoms with van der Waals surface area (Å²) in [6, 6.07) is 24.5. The Labute approximate surface area is 246 Å². The van der Waals surface area contributed by atoms with Gasteiger partial charge < -0.3 is 19.5 Å². The number of aliphatic hydroxyl groups excluding tert-OH is 1. The molecule has 3 aromatic carbocycles. The van der Waals surface area contributed by atoms with Crippen LogP contribution in [0.15, 0.2) is 85.1 Å². The van der Waals surface area contributed by atoms with Crippen LogP contribution in [0.3, 0.4) is 0 Å². The zero-order chi connectivity index (χ0) is 30.1. The van der Waals surface area contributed by atoms with Crippen LogP contribution in [-0.4, -0.2) is 64.8 Å². The second-order valence-corrected chi connectivity index (χ2v) is 10.2. The van der Waals surface area contributed by atoms with E-state index in [0.717, 1.165) is 16.8 Å². The fourth-order valence-corrected chi connectivity index (χ4v) is 4.83. The second-order valence-electron chi connectivity index (χ2n) is 10.2. The molecule has 4 rings (SSSR count). The van der Waals surface area contributed by atoms with Crippen molar-refractivity contribution in [1.29, 1.82) is 0 Å². The number of nitrogens with zero attached hydrogens (tertiary/aromatic N) is 3. The molecule has 4 aromatic rings. The van der Waals surface area contributed by atoms with Crippen LogP contribution in [0.4, 0.5) is 5.95 Å². The van der Waals surface area contributed by atoms with Gasteiger partial charge in [0.2, 0.25) is 17.8 Å². The first kappa shape index (κ1) is 30.3. The maximum absolute atomic E-state index is 14.0. The molecule has 220 valence electrons. The number of benzene rings is 3. The molecule has 0 saturated heterocycles. The van der Waals surface area contributed by atoms with Crippen molar-refractivity contribution in [3.63, 3.8) is 0 Å². The Morgan fingerprint density at radius 3 is 2.24 bits per heavy atom. The Morgan fingerprint density at radius 1 is 0.952 bits per heavy atom. The standard InChI is InChI=1S/C33H38N4O5/c1-23(2)36(32(40)27(16-11-19-38)25-17-18-29(41-3)30(20-25)42-4)22-31(39)35-33-34-28(24-12-7-5-8-13-24)21-37(33)26-14-9-6-10-15-26/h5-10,12-15,17-18,20-21,23,27,38H,11,16,19,22H2,1-4H3,(H,34,35,39). The van der Waals surface area contributed by atoms with E-state index in [0.29, 0.717) is 36.0 Å². The first-order valence-corrected chi connectivity index (χ1v) is 14.0. The van der Waals surface area contributed by atoms with E-state index in [1.54, 1.807) is 31.3 Å². The SMILES string of the molecule is COc1ccc(C(CCCO)C(=O)N(CC(=O)Nc2nc(-c3ccccc3)cn2-c2ccccc2)C(C)C)cc1OC. The summed E-state index contributed by atoms with van der Waals surface area (Å²) in [5.74, 6) is 0.261. The van der Waals surface area contributed by atoms with E-state index in [1.165, 1.54) is 0 Å². The molecule has 1 aromatic heterocycles. The lowest BCUT2D eigenvalue weighted by Gasteiger charge is -2.30. The zero-order valence-corrected chi connectivity index (χ0v) is 24.5. The van der Waals surface area contributed by atoms with Gasteiger partial charge in [0.1, 0.15) is 6.54 Å². The predicted octanol–water partition coefficient (Wildman–Crippen LogP) is 5.29. The van der Waals surface area contributed by atoms with Crippen LogP contribution in [0.5, 0.6) is 11.5 Å². The molecule has 1 atom stereocenters. The van der Waals surface area contributed by atoms with E-state index >= 15 is 0 Å². The number of aromatic nitrogens is 2. The highest BCUT2D eigenvalue weighted by molar-refractivity contribution is 5.95. The van der Waals surface area contributed by atoms with Crippen LogP contribution < -0.4 is 14.8 Å². The molecule has 9 heteroatoms. The fraction of sp³-hybridized carbons (Fsp3) is 0.303. The Bertz CT molecular complexity index is 1470. The van der Waals surface area contributed by atoms with Gasteiger partial charge in [0.25, 0.3) is 0 Å². The number of amides is 2. The van der Waals surface area contributed by atoms with Gasteiger partial charge in [-0.3, -0.25) is 19.5 Å². The average molecular weight is 571 g/mol. The smallest absolute Gasteiger partial charge is 0.246 e. The molecule has 9 nitrogen and oxygen atoms in total. The van der Waals surface area contributed by atoms with Gasteiger partial charge in [-0.25, -0.2) is 4.98 Å². The second kappa shape index (κ2) is 14.3. The molecule has 0 bridgehead atoms. The number of methoxy groups -OCH3 is 2. The van der Waals surface area contributed by atoms with Crippen molar-refractivity contribution in [2.75, 3.05) is 32.7 Å². The normalized spacial score (nSPS) is 11.7. The zero-order valence-electron chi connectivity index (χ0n) is 24.5.